The smallest absolute Gasteiger partial charge is 0.0847 e. The van der Waals surface area contributed by atoms with Crippen LogP contribution in [0.5, 0.6) is 0 Å². The summed E-state index contributed by atoms with van der Waals surface area (Å²) in [6.07, 6.45) is 0.642. The van der Waals surface area contributed by atoms with Crippen molar-refractivity contribution in [1.82, 2.24) is 25.0 Å². The lowest BCUT2D eigenvalue weighted by Crippen LogP contribution is -2.30. The van der Waals surface area contributed by atoms with E-state index in [1.807, 2.05) is 38.7 Å². The summed E-state index contributed by atoms with van der Waals surface area (Å²) in [4.78, 5) is 0. The molecule has 0 saturated carbocycles. The van der Waals surface area contributed by atoms with Crippen molar-refractivity contribution in [2.24, 2.45) is 19.9 Å². The average molecular weight is 283 g/mol. The summed E-state index contributed by atoms with van der Waals surface area (Å²) < 4.78 is 3.62. The van der Waals surface area contributed by atoms with Crippen LogP contribution in [0.25, 0.3) is 0 Å². The molecule has 3 N–H and O–H groups in total. The number of nitrogens with two attached hydrogens (primary N) is 1. The second-order valence-electron chi connectivity index (χ2n) is 4.73. The maximum Gasteiger partial charge on any atom is 0.0847 e. The number of nitrogens with one attached hydrogen (secondary N) is 1. The maximum absolute atomic E-state index is 6.26. The minimum Gasteiger partial charge on any atom is -0.273 e. The Hall–Kier alpha value is -1.37. The molecule has 2 rings (SSSR count). The van der Waals surface area contributed by atoms with Crippen LogP contribution in [0.1, 0.15) is 28.8 Å². The molecule has 0 aliphatic rings. The zero-order valence-corrected chi connectivity index (χ0v) is 12.4. The Morgan fingerprint density at radius 3 is 2.42 bits per heavy atom. The molecule has 19 heavy (non-hydrogen) atoms. The van der Waals surface area contributed by atoms with Crippen LogP contribution in [0.4, 0.5) is 0 Å². The topological polar surface area (TPSA) is 73.7 Å². The molecule has 0 fully saturated rings. The van der Waals surface area contributed by atoms with Crippen LogP contribution in [0, 0.1) is 13.8 Å². The number of rotatable bonds is 4. The summed E-state index contributed by atoms with van der Waals surface area (Å²) in [6.45, 7) is 3.90. The fourth-order valence-corrected chi connectivity index (χ4v) is 2.34. The van der Waals surface area contributed by atoms with Crippen molar-refractivity contribution in [3.8, 4) is 0 Å². The van der Waals surface area contributed by atoms with Crippen molar-refractivity contribution in [1.29, 1.82) is 0 Å². The number of hydrogen-bond acceptors (Lipinski definition) is 4. The Morgan fingerprint density at radius 2 is 2.00 bits per heavy atom. The van der Waals surface area contributed by atoms with Gasteiger partial charge < -0.3 is 0 Å². The van der Waals surface area contributed by atoms with Gasteiger partial charge in [0.2, 0.25) is 0 Å². The number of nitrogens with zero attached hydrogens (tertiary/aromatic N) is 4. The molecule has 2 aromatic rings. The number of hydrazine groups is 1. The van der Waals surface area contributed by atoms with Gasteiger partial charge in [-0.25, -0.2) is 0 Å². The second kappa shape index (κ2) is 5.32. The Bertz CT molecular complexity index is 566. The van der Waals surface area contributed by atoms with Gasteiger partial charge in [-0.1, -0.05) is 11.6 Å². The fourth-order valence-electron chi connectivity index (χ4n) is 2.10. The van der Waals surface area contributed by atoms with Crippen molar-refractivity contribution in [3.05, 3.63) is 33.9 Å². The Balaban J connectivity index is 2.29. The van der Waals surface area contributed by atoms with Crippen LogP contribution >= 0.6 is 11.6 Å². The molecule has 0 spiro atoms. The summed E-state index contributed by atoms with van der Waals surface area (Å²) >= 11 is 6.26. The van der Waals surface area contributed by atoms with E-state index in [-0.39, 0.29) is 6.04 Å². The SMILES string of the molecule is Cc1nn(C)c(CC(NN)c2cc(C)n(C)n2)c1Cl. The number of aryl methyl sites for hydroxylation is 4. The van der Waals surface area contributed by atoms with E-state index in [2.05, 4.69) is 15.6 Å². The van der Waals surface area contributed by atoms with Crippen LogP contribution in [-0.2, 0) is 20.5 Å². The molecular formula is C12H19ClN6. The Morgan fingerprint density at radius 1 is 1.32 bits per heavy atom. The number of aromatic nitrogens is 4. The molecule has 0 aliphatic heterocycles. The molecule has 104 valence electrons. The average Bonchev–Trinajstić information content (AvgIpc) is 2.80. The highest BCUT2D eigenvalue weighted by atomic mass is 35.5. The molecule has 0 aliphatic carbocycles. The molecule has 1 atom stereocenters. The van der Waals surface area contributed by atoms with Crippen molar-refractivity contribution in [2.45, 2.75) is 26.3 Å². The highest BCUT2D eigenvalue weighted by Gasteiger charge is 2.20. The molecule has 0 saturated heterocycles. The maximum atomic E-state index is 6.26. The minimum atomic E-state index is -0.0906. The predicted molar refractivity (Wildman–Crippen MR) is 74.7 cm³/mol. The van der Waals surface area contributed by atoms with Crippen LogP contribution < -0.4 is 11.3 Å². The number of hydrogen-bond donors (Lipinski definition) is 2. The van der Waals surface area contributed by atoms with E-state index < -0.39 is 0 Å². The molecule has 1 unspecified atom stereocenters. The van der Waals surface area contributed by atoms with E-state index in [1.165, 1.54) is 0 Å². The lowest BCUT2D eigenvalue weighted by atomic mass is 10.1. The quantitative estimate of drug-likeness (QED) is 0.652. The van der Waals surface area contributed by atoms with Gasteiger partial charge in [-0.05, 0) is 19.9 Å². The molecule has 7 heteroatoms. The molecule has 2 aromatic heterocycles. The van der Waals surface area contributed by atoms with Gasteiger partial charge in [0.05, 0.1) is 28.1 Å². The molecule has 6 nitrogen and oxygen atoms in total. The van der Waals surface area contributed by atoms with Gasteiger partial charge in [-0.3, -0.25) is 20.6 Å². The summed E-state index contributed by atoms with van der Waals surface area (Å²) in [5.74, 6) is 5.65. The normalized spacial score (nSPS) is 12.9. The largest absolute Gasteiger partial charge is 0.273 e. The molecule has 0 bridgehead atoms. The zero-order valence-electron chi connectivity index (χ0n) is 11.6. The van der Waals surface area contributed by atoms with Gasteiger partial charge in [-0.15, -0.1) is 0 Å². The third-order valence-corrected chi connectivity index (χ3v) is 3.84. The van der Waals surface area contributed by atoms with Gasteiger partial charge in [0.1, 0.15) is 0 Å². The first-order valence-electron chi connectivity index (χ1n) is 6.08. The summed E-state index contributed by atoms with van der Waals surface area (Å²) in [5, 5.41) is 9.44. The highest BCUT2D eigenvalue weighted by Crippen LogP contribution is 2.25. The van der Waals surface area contributed by atoms with Gasteiger partial charge in [0, 0.05) is 26.2 Å². The van der Waals surface area contributed by atoms with Gasteiger partial charge in [0.15, 0.2) is 0 Å². The van der Waals surface area contributed by atoms with Crippen LogP contribution in [0.15, 0.2) is 6.07 Å². The second-order valence-corrected chi connectivity index (χ2v) is 5.11. The highest BCUT2D eigenvalue weighted by molar-refractivity contribution is 6.31. The molecule has 0 radical (unpaired) electrons. The Labute approximate surface area is 117 Å². The van der Waals surface area contributed by atoms with E-state index in [0.717, 1.165) is 22.8 Å². The molecule has 0 amide bonds. The van der Waals surface area contributed by atoms with Gasteiger partial charge in [0.25, 0.3) is 0 Å². The van der Waals surface area contributed by atoms with E-state index in [1.54, 1.807) is 4.68 Å². The summed E-state index contributed by atoms with van der Waals surface area (Å²) in [5.41, 5.74) is 6.56. The third kappa shape index (κ3) is 2.65. The van der Waals surface area contributed by atoms with E-state index in [4.69, 9.17) is 17.4 Å². The van der Waals surface area contributed by atoms with Crippen molar-refractivity contribution in [3.63, 3.8) is 0 Å². The van der Waals surface area contributed by atoms with E-state index in [0.29, 0.717) is 11.4 Å². The van der Waals surface area contributed by atoms with Crippen LogP contribution in [0.2, 0.25) is 5.02 Å². The zero-order chi connectivity index (χ0) is 14.2. The molecule has 0 aromatic carbocycles. The fraction of sp³-hybridized carbons (Fsp3) is 0.500. The van der Waals surface area contributed by atoms with E-state index >= 15 is 0 Å². The van der Waals surface area contributed by atoms with Crippen molar-refractivity contribution >= 4 is 11.6 Å². The lowest BCUT2D eigenvalue weighted by molar-refractivity contribution is 0.511. The standard InChI is InChI=1S/C12H19ClN6/c1-7-5-10(17-18(7)3)9(15-14)6-11-12(13)8(2)16-19(11)4/h5,9,15H,6,14H2,1-4H3. The third-order valence-electron chi connectivity index (χ3n) is 3.35. The Kier molecular flexibility index (Phi) is 3.93. The first-order chi connectivity index (χ1) is 8.93. The number of halogens is 1. The minimum absolute atomic E-state index is 0.0906. The summed E-state index contributed by atoms with van der Waals surface area (Å²) in [7, 11) is 3.79. The van der Waals surface area contributed by atoms with E-state index in [9.17, 15) is 0 Å². The first-order valence-corrected chi connectivity index (χ1v) is 6.46. The van der Waals surface area contributed by atoms with Crippen LogP contribution in [-0.4, -0.2) is 19.6 Å². The monoisotopic (exact) mass is 282 g/mol. The van der Waals surface area contributed by atoms with Crippen molar-refractivity contribution in [2.75, 3.05) is 0 Å². The summed E-state index contributed by atoms with van der Waals surface area (Å²) in [6, 6.07) is 1.92. The first kappa shape index (κ1) is 14.0. The molecular weight excluding hydrogens is 264 g/mol. The van der Waals surface area contributed by atoms with Gasteiger partial charge >= 0.3 is 0 Å². The van der Waals surface area contributed by atoms with Crippen molar-refractivity contribution < 1.29 is 0 Å². The predicted octanol–water partition coefficient (Wildman–Crippen LogP) is 1.17. The van der Waals surface area contributed by atoms with Crippen LogP contribution in [0.3, 0.4) is 0 Å². The molecule has 2 heterocycles. The lowest BCUT2D eigenvalue weighted by Gasteiger charge is -2.13. The van der Waals surface area contributed by atoms with Gasteiger partial charge in [-0.2, -0.15) is 10.2 Å².